The number of sulfonamides is 2. The first-order valence-corrected chi connectivity index (χ1v) is 12.7. The first-order valence-electron chi connectivity index (χ1n) is 9.59. The molecule has 3 N–H and O–H groups in total. The number of rotatable bonds is 6. The number of carbonyl (C=O) groups excluding carboxylic acids is 1. The normalized spacial score (nSPS) is 18.1. The van der Waals surface area contributed by atoms with Gasteiger partial charge in [0.05, 0.1) is 10.6 Å². The molecule has 2 aromatic carbocycles. The van der Waals surface area contributed by atoms with Crippen LogP contribution in [0.5, 0.6) is 0 Å². The Hall–Kier alpha value is -2.27. The van der Waals surface area contributed by atoms with Crippen molar-refractivity contribution in [2.24, 2.45) is 5.14 Å². The van der Waals surface area contributed by atoms with E-state index >= 15 is 0 Å². The molecular weight excluding hydrogens is 426 g/mol. The van der Waals surface area contributed by atoms with Crippen LogP contribution in [-0.2, 0) is 25.8 Å². The number of piperidine rings is 1. The molecule has 1 aliphatic rings. The van der Waals surface area contributed by atoms with Gasteiger partial charge in [-0.15, -0.1) is 0 Å². The number of hydrogen-bond acceptors (Lipinski definition) is 5. The van der Waals surface area contributed by atoms with Crippen LogP contribution in [0.1, 0.15) is 42.1 Å². The Morgan fingerprint density at radius 3 is 2.53 bits per heavy atom. The highest BCUT2D eigenvalue weighted by Crippen LogP contribution is 2.26. The summed E-state index contributed by atoms with van der Waals surface area (Å²) in [6.07, 6.45) is 2.63. The second-order valence-corrected chi connectivity index (χ2v) is 11.0. The Bertz CT molecular complexity index is 1150. The predicted octanol–water partition coefficient (Wildman–Crippen LogP) is 2.29. The lowest BCUT2D eigenvalue weighted by Gasteiger charge is -2.32. The van der Waals surface area contributed by atoms with Crippen molar-refractivity contribution in [1.82, 2.24) is 4.31 Å². The molecule has 2 aromatic rings. The van der Waals surface area contributed by atoms with Crippen molar-refractivity contribution in [2.75, 3.05) is 11.9 Å². The second-order valence-electron chi connectivity index (χ2n) is 7.45. The number of benzene rings is 2. The van der Waals surface area contributed by atoms with E-state index in [1.54, 1.807) is 18.2 Å². The molecule has 1 heterocycles. The van der Waals surface area contributed by atoms with Gasteiger partial charge in [0.15, 0.2) is 0 Å². The molecule has 0 radical (unpaired) electrons. The van der Waals surface area contributed by atoms with Gasteiger partial charge in [-0.2, -0.15) is 4.31 Å². The maximum Gasteiger partial charge on any atom is 0.255 e. The predicted molar refractivity (Wildman–Crippen MR) is 115 cm³/mol. The fraction of sp³-hybridized carbons (Fsp3) is 0.350. The third-order valence-corrected chi connectivity index (χ3v) is 7.74. The van der Waals surface area contributed by atoms with Crippen molar-refractivity contribution in [3.63, 3.8) is 0 Å². The van der Waals surface area contributed by atoms with Gasteiger partial charge in [-0.3, -0.25) is 4.79 Å². The largest absolute Gasteiger partial charge is 0.322 e. The van der Waals surface area contributed by atoms with Gasteiger partial charge < -0.3 is 5.32 Å². The van der Waals surface area contributed by atoms with E-state index in [0.29, 0.717) is 17.8 Å². The Morgan fingerprint density at radius 2 is 1.83 bits per heavy atom. The Kier molecular flexibility index (Phi) is 6.61. The highest BCUT2D eigenvalue weighted by Gasteiger charge is 2.31. The van der Waals surface area contributed by atoms with Crippen LogP contribution in [0.25, 0.3) is 0 Å². The molecule has 0 saturated carbocycles. The van der Waals surface area contributed by atoms with Gasteiger partial charge in [-0.05, 0) is 55.7 Å². The molecule has 0 bridgehead atoms. The monoisotopic (exact) mass is 451 g/mol. The number of primary sulfonamides is 1. The van der Waals surface area contributed by atoms with Gasteiger partial charge in [-0.1, -0.05) is 24.6 Å². The molecule has 1 atom stereocenters. The fourth-order valence-electron chi connectivity index (χ4n) is 3.54. The lowest BCUT2D eigenvalue weighted by molar-refractivity contribution is 0.102. The van der Waals surface area contributed by atoms with E-state index in [2.05, 4.69) is 5.32 Å². The van der Waals surface area contributed by atoms with Crippen LogP contribution in [0.4, 0.5) is 5.69 Å². The maximum absolute atomic E-state index is 13.0. The average Bonchev–Trinajstić information content (AvgIpc) is 2.67. The molecule has 1 aliphatic heterocycles. The molecule has 1 unspecified atom stereocenters. The van der Waals surface area contributed by atoms with Crippen LogP contribution >= 0.6 is 0 Å². The van der Waals surface area contributed by atoms with Crippen LogP contribution in [0.2, 0.25) is 0 Å². The van der Waals surface area contributed by atoms with Crippen molar-refractivity contribution in [1.29, 1.82) is 0 Å². The number of carbonyl (C=O) groups is 1. The summed E-state index contributed by atoms with van der Waals surface area (Å²) < 4.78 is 50.1. The van der Waals surface area contributed by atoms with Crippen molar-refractivity contribution in [3.8, 4) is 0 Å². The van der Waals surface area contributed by atoms with E-state index in [-0.39, 0.29) is 22.3 Å². The third-order valence-electron chi connectivity index (χ3n) is 5.00. The van der Waals surface area contributed by atoms with Crippen molar-refractivity contribution in [2.45, 2.75) is 42.9 Å². The molecule has 10 heteroatoms. The Morgan fingerprint density at radius 1 is 1.10 bits per heavy atom. The van der Waals surface area contributed by atoms with Gasteiger partial charge in [0.25, 0.3) is 5.91 Å². The minimum atomic E-state index is -3.70. The van der Waals surface area contributed by atoms with E-state index < -0.39 is 26.0 Å². The number of amides is 1. The minimum Gasteiger partial charge on any atom is -0.322 e. The first kappa shape index (κ1) is 22.4. The van der Waals surface area contributed by atoms with Crippen LogP contribution in [0, 0.1) is 0 Å². The lowest BCUT2D eigenvalue weighted by Crippen LogP contribution is -2.41. The van der Waals surface area contributed by atoms with E-state index in [1.165, 1.54) is 34.6 Å². The van der Waals surface area contributed by atoms with Crippen molar-refractivity contribution in [3.05, 3.63) is 59.7 Å². The summed E-state index contributed by atoms with van der Waals surface area (Å²) in [4.78, 5) is 12.7. The fourth-order valence-corrected chi connectivity index (χ4v) is 5.93. The third kappa shape index (κ3) is 5.45. The Balaban J connectivity index is 1.81. The number of nitrogens with two attached hydrogens (primary N) is 1. The van der Waals surface area contributed by atoms with Gasteiger partial charge >= 0.3 is 0 Å². The van der Waals surface area contributed by atoms with Gasteiger partial charge in [0, 0.05) is 23.8 Å². The molecule has 0 aliphatic carbocycles. The van der Waals surface area contributed by atoms with E-state index in [4.69, 9.17) is 5.14 Å². The van der Waals surface area contributed by atoms with Crippen molar-refractivity contribution >= 4 is 31.6 Å². The van der Waals surface area contributed by atoms with Crippen LogP contribution < -0.4 is 10.5 Å². The van der Waals surface area contributed by atoms with E-state index in [9.17, 15) is 21.6 Å². The summed E-state index contributed by atoms with van der Waals surface area (Å²) in [7, 11) is -7.39. The van der Waals surface area contributed by atoms with Crippen molar-refractivity contribution < 1.29 is 21.6 Å². The average molecular weight is 452 g/mol. The van der Waals surface area contributed by atoms with Gasteiger partial charge in [-0.25, -0.2) is 22.0 Å². The summed E-state index contributed by atoms with van der Waals surface area (Å²) in [5, 5.41) is 7.73. The summed E-state index contributed by atoms with van der Waals surface area (Å²) >= 11 is 0. The molecule has 30 heavy (non-hydrogen) atoms. The molecule has 0 aromatic heterocycles. The zero-order valence-corrected chi connectivity index (χ0v) is 18.2. The molecule has 8 nitrogen and oxygen atoms in total. The summed E-state index contributed by atoms with van der Waals surface area (Å²) in [5.74, 6) is -0.843. The zero-order chi connectivity index (χ0) is 21.9. The molecule has 0 spiro atoms. The quantitative estimate of drug-likeness (QED) is 0.697. The molecule has 3 rings (SSSR count). The number of hydrogen-bond donors (Lipinski definition) is 2. The number of nitrogens with zero attached hydrogens (tertiary/aromatic N) is 1. The summed E-state index contributed by atoms with van der Waals surface area (Å²) in [5.41, 5.74) is 1.02. The standard InChI is InChI=1S/C20H25N3O5S2/c1-15-6-2-3-11-23(15)30(27,28)19-10-5-8-17(13-19)20(24)22-18-9-4-7-16(12-18)14-29(21,25)26/h4-5,7-10,12-13,15H,2-3,6,11,14H2,1H3,(H,22,24)(H2,21,25,26). The topological polar surface area (TPSA) is 127 Å². The lowest BCUT2D eigenvalue weighted by atomic mass is 10.1. The first-order chi connectivity index (χ1) is 14.1. The molecule has 1 fully saturated rings. The van der Waals surface area contributed by atoms with Gasteiger partial charge in [0.1, 0.15) is 0 Å². The van der Waals surface area contributed by atoms with Crippen LogP contribution in [-0.4, -0.2) is 39.6 Å². The van der Waals surface area contributed by atoms with Crippen LogP contribution in [0.15, 0.2) is 53.4 Å². The SMILES string of the molecule is CC1CCCCN1S(=O)(=O)c1cccc(C(=O)Nc2cccc(CS(N)(=O)=O)c2)c1. The molecule has 162 valence electrons. The summed E-state index contributed by atoms with van der Waals surface area (Å²) in [6, 6.07) is 12.2. The highest BCUT2D eigenvalue weighted by molar-refractivity contribution is 7.89. The minimum absolute atomic E-state index is 0.0758. The van der Waals surface area contributed by atoms with Gasteiger partial charge in [0.2, 0.25) is 20.0 Å². The molecule has 1 amide bonds. The summed E-state index contributed by atoms with van der Waals surface area (Å²) in [6.45, 7) is 2.36. The molecular formula is C20H25N3O5S2. The Labute approximate surface area is 177 Å². The number of anilines is 1. The van der Waals surface area contributed by atoms with E-state index in [1.807, 2.05) is 6.92 Å². The molecule has 1 saturated heterocycles. The maximum atomic E-state index is 13.0. The van der Waals surface area contributed by atoms with E-state index in [0.717, 1.165) is 19.3 Å². The zero-order valence-electron chi connectivity index (χ0n) is 16.6. The highest BCUT2D eigenvalue weighted by atomic mass is 32.2. The number of nitrogens with one attached hydrogen (secondary N) is 1. The smallest absolute Gasteiger partial charge is 0.255 e. The van der Waals surface area contributed by atoms with Crippen LogP contribution in [0.3, 0.4) is 0 Å². The second kappa shape index (κ2) is 8.84.